The normalized spacial score (nSPS) is 12.9. The number of aliphatic hydroxyl groups excluding tert-OH is 1. The van der Waals surface area contributed by atoms with Gasteiger partial charge in [0.05, 0.1) is 30.3 Å². The average molecular weight is 1630 g/mol. The van der Waals surface area contributed by atoms with Crippen molar-refractivity contribution >= 4 is 23.9 Å². The predicted molar refractivity (Wildman–Crippen MR) is 487 cm³/mol. The van der Waals surface area contributed by atoms with Crippen LogP contribution in [0.1, 0.15) is 282 Å². The smallest absolute Gasteiger partial charge is 0.313 e. The molecule has 0 radical (unpaired) electrons. The van der Waals surface area contributed by atoms with Crippen LogP contribution >= 0.6 is 0 Å². The Morgan fingerprint density at radius 3 is 0.815 bits per heavy atom. The number of benzene rings is 8. The van der Waals surface area contributed by atoms with Crippen molar-refractivity contribution in [2.45, 2.75) is 290 Å². The monoisotopic (exact) mass is 1630 g/mol. The summed E-state index contributed by atoms with van der Waals surface area (Å²) in [6.45, 7) is 54.9. The summed E-state index contributed by atoms with van der Waals surface area (Å²) in [5.74, 6) is 0.649. The van der Waals surface area contributed by atoms with Crippen LogP contribution in [-0.4, -0.2) is 128 Å². The minimum atomic E-state index is -0.261. The maximum absolute atomic E-state index is 13.0. The van der Waals surface area contributed by atoms with Gasteiger partial charge in [0.15, 0.2) is 0 Å². The molecule has 8 aromatic carbocycles. The summed E-state index contributed by atoms with van der Waals surface area (Å²) in [5, 5.41) is 20.9. The number of phenolic OH excluding ortho intramolecular Hbond substituents is 1. The predicted octanol–water partition coefficient (Wildman–Crippen LogP) is 22.9. The first kappa shape index (κ1) is 98.9. The van der Waals surface area contributed by atoms with Crippen LogP contribution < -0.4 is 14.2 Å². The molecule has 0 aromatic heterocycles. The first-order valence-corrected chi connectivity index (χ1v) is 43.9. The fourth-order valence-electron chi connectivity index (χ4n) is 15.7. The van der Waals surface area contributed by atoms with Crippen LogP contribution in [0, 0.1) is 23.7 Å². The highest BCUT2D eigenvalue weighted by molar-refractivity contribution is 5.76. The second-order valence-electron chi connectivity index (χ2n) is 35.3. The first-order valence-electron chi connectivity index (χ1n) is 43.9. The van der Waals surface area contributed by atoms with Crippen LogP contribution in [0.4, 0.5) is 0 Å². The van der Waals surface area contributed by atoms with E-state index in [0.29, 0.717) is 66.4 Å². The maximum Gasteiger partial charge on any atom is 0.313 e. The highest BCUT2D eigenvalue weighted by atomic mass is 16.5. The molecular formula is C104H146N4O11. The first-order chi connectivity index (χ1) is 56.5. The molecule has 0 saturated carbocycles. The number of ether oxygens (including phenoxy) is 5. The van der Waals surface area contributed by atoms with Crippen molar-refractivity contribution in [1.29, 1.82) is 0 Å². The summed E-state index contributed by atoms with van der Waals surface area (Å²) in [4.78, 5) is 59.5. The van der Waals surface area contributed by atoms with Crippen molar-refractivity contribution in [2.24, 2.45) is 23.7 Å². The minimum Gasteiger partial charge on any atom is -0.508 e. The average Bonchev–Trinajstić information content (AvgIpc) is 0.808. The molecule has 648 valence electrons. The Morgan fingerprint density at radius 2 is 0.529 bits per heavy atom. The number of rotatable bonds is 42. The molecule has 8 aromatic rings. The van der Waals surface area contributed by atoms with Crippen LogP contribution in [0.2, 0.25) is 0 Å². The van der Waals surface area contributed by atoms with Crippen LogP contribution in [0.15, 0.2) is 194 Å². The van der Waals surface area contributed by atoms with Crippen LogP contribution in [0.5, 0.6) is 23.0 Å². The zero-order valence-electron chi connectivity index (χ0n) is 76.6. The van der Waals surface area contributed by atoms with E-state index in [0.717, 1.165) is 108 Å². The standard InChI is InChI=1S/C48H66N2O4.C30H43NO4.C26H37NO3/c1-33(2)48(52)54-47-24-22-39(30-45(47)43(41-19-15-12-16-20-41)26-28-50(36(7)8)37(9)10)32-53-46-23-21-38(31-51)29-44(46)42(40-17-13-11-14-18-40)25-27-49(34(3)4)35(5)6;1-20(2)29(32)34-19-24-14-15-28(35-30(33)21(3)4)27(18-24)26(25-12-10-9-11-13-25)16-17-31(22(5)6)23(7)8;1-18(2)26(29)30-17-21-12-13-25(28)24(16-21)23(22-10-8-7-9-11-22)14-15-27(19(3)4)20(5)6/h11-24,29-30,33-37,42-43,51H,25-28,31-32H2,1-10H3;9-15,18,20-23,26H,16-17,19H2,1-8H3;7-13,16,18-20,23,28H,14-15,17H2,1-6H3/t42?,43-;26-;23-/m111/s1. The van der Waals surface area contributed by atoms with Gasteiger partial charge >= 0.3 is 23.9 Å². The Labute approximate surface area is 716 Å². The molecule has 8 rings (SSSR count). The number of carbonyl (C=O) groups is 4. The van der Waals surface area contributed by atoms with E-state index in [9.17, 15) is 29.4 Å². The molecule has 0 amide bonds. The quantitative estimate of drug-likeness (QED) is 0.0274. The number of aromatic hydroxyl groups is 1. The van der Waals surface area contributed by atoms with Crippen LogP contribution in [0.3, 0.4) is 0 Å². The molecule has 0 aliphatic carbocycles. The molecule has 0 aliphatic rings. The van der Waals surface area contributed by atoms with Crippen molar-refractivity contribution in [3.05, 3.63) is 261 Å². The van der Waals surface area contributed by atoms with Gasteiger partial charge in [0.1, 0.15) is 42.8 Å². The second kappa shape index (κ2) is 49.7. The van der Waals surface area contributed by atoms with Gasteiger partial charge in [-0.25, -0.2) is 0 Å². The molecule has 0 aliphatic heterocycles. The summed E-state index contributed by atoms with van der Waals surface area (Å²) in [5.41, 5.74) is 12.3. The van der Waals surface area contributed by atoms with Gasteiger partial charge in [-0.2, -0.15) is 0 Å². The Hall–Kier alpha value is -8.96. The van der Waals surface area contributed by atoms with E-state index in [-0.39, 0.29) is 96.8 Å². The van der Waals surface area contributed by atoms with Crippen molar-refractivity contribution in [3.63, 3.8) is 0 Å². The summed E-state index contributed by atoms with van der Waals surface area (Å²) >= 11 is 0. The van der Waals surface area contributed by atoms with Gasteiger partial charge in [0.25, 0.3) is 0 Å². The summed E-state index contributed by atoms with van der Waals surface area (Å²) in [7, 11) is 0. The Morgan fingerprint density at radius 1 is 0.286 bits per heavy atom. The summed E-state index contributed by atoms with van der Waals surface area (Å²) < 4.78 is 29.7. The Bertz CT molecular complexity index is 4280. The molecule has 0 spiro atoms. The fourth-order valence-corrected chi connectivity index (χ4v) is 15.7. The molecule has 1 unspecified atom stereocenters. The van der Waals surface area contributed by atoms with Gasteiger partial charge in [-0.1, -0.05) is 201 Å². The van der Waals surface area contributed by atoms with Gasteiger partial charge < -0.3 is 33.9 Å². The van der Waals surface area contributed by atoms with Crippen molar-refractivity contribution in [1.82, 2.24) is 19.6 Å². The van der Waals surface area contributed by atoms with Gasteiger partial charge in [-0.15, -0.1) is 0 Å². The summed E-state index contributed by atoms with van der Waals surface area (Å²) in [6.07, 6.45) is 3.53. The third-order valence-corrected chi connectivity index (χ3v) is 22.3. The van der Waals surface area contributed by atoms with E-state index in [2.05, 4.69) is 221 Å². The Kier molecular flexibility index (Phi) is 41.3. The molecule has 2 N–H and O–H groups in total. The molecule has 0 saturated heterocycles. The molecule has 0 fully saturated rings. The van der Waals surface area contributed by atoms with Gasteiger partial charge in [-0.3, -0.25) is 38.8 Å². The largest absolute Gasteiger partial charge is 0.508 e. The van der Waals surface area contributed by atoms with Crippen LogP contribution in [0.25, 0.3) is 0 Å². The number of hydrogen-bond acceptors (Lipinski definition) is 15. The zero-order chi connectivity index (χ0) is 87.7. The lowest BCUT2D eigenvalue weighted by Gasteiger charge is -2.32. The second-order valence-corrected chi connectivity index (χ2v) is 35.3. The lowest BCUT2D eigenvalue weighted by Crippen LogP contribution is -2.38. The number of aliphatic hydroxyl groups is 1. The van der Waals surface area contributed by atoms with E-state index < -0.39 is 0 Å². The molecule has 0 bridgehead atoms. The van der Waals surface area contributed by atoms with Crippen LogP contribution in [-0.2, 0) is 55.1 Å². The zero-order valence-corrected chi connectivity index (χ0v) is 76.6. The van der Waals surface area contributed by atoms with Gasteiger partial charge in [0, 0.05) is 94.3 Å². The number of esters is 4. The van der Waals surface area contributed by atoms with E-state index in [1.165, 1.54) is 16.7 Å². The fraction of sp³-hybridized carbons (Fsp3) is 0.500. The van der Waals surface area contributed by atoms with Crippen molar-refractivity contribution in [2.75, 3.05) is 26.2 Å². The lowest BCUT2D eigenvalue weighted by atomic mass is 9.86. The SMILES string of the molecule is CC(C)C(=O)OCc1ccc(O)c([C@H](CCN(C(C)C)C(C)C)c2ccccc2)c1.CC(C)C(=O)OCc1ccc(OC(=O)C(C)C)c([C@H](CCN(C(C)C)C(C)C)c2ccccc2)c1.CC(C)C(=O)Oc1ccc(COc2ccc(CO)cc2C(CCN(C(C)C)C(C)C)c2ccccc2)cc1[C@H](CCN(C(C)C)C(C)C)c1ccccc1. The number of hydrogen-bond donors (Lipinski definition) is 2. The van der Waals surface area contributed by atoms with Gasteiger partial charge in [-0.05, 0) is 256 Å². The molecule has 4 atom stereocenters. The summed E-state index contributed by atoms with van der Waals surface area (Å²) in [6, 6.07) is 68.8. The maximum atomic E-state index is 13.0. The van der Waals surface area contributed by atoms with Crippen molar-refractivity contribution < 1.29 is 53.1 Å². The molecule has 119 heavy (non-hydrogen) atoms. The van der Waals surface area contributed by atoms with Crippen molar-refractivity contribution in [3.8, 4) is 23.0 Å². The van der Waals surface area contributed by atoms with E-state index >= 15 is 0 Å². The Balaban J connectivity index is 0.000000293. The van der Waals surface area contributed by atoms with E-state index in [1.54, 1.807) is 6.07 Å². The molecule has 15 nitrogen and oxygen atoms in total. The van der Waals surface area contributed by atoms with E-state index in [1.807, 2.05) is 152 Å². The highest BCUT2D eigenvalue weighted by Gasteiger charge is 2.30. The third kappa shape index (κ3) is 31.2. The third-order valence-electron chi connectivity index (χ3n) is 22.3. The lowest BCUT2D eigenvalue weighted by molar-refractivity contribution is -0.149. The van der Waals surface area contributed by atoms with Gasteiger partial charge in [0.2, 0.25) is 0 Å². The number of phenols is 1. The number of nitrogens with zero attached hydrogens (tertiary/aromatic N) is 4. The molecular weight excluding hydrogens is 1480 g/mol. The van der Waals surface area contributed by atoms with E-state index in [4.69, 9.17) is 23.7 Å². The molecule has 15 heteroatoms. The highest BCUT2D eigenvalue weighted by Crippen LogP contribution is 2.42. The minimum absolute atomic E-state index is 0.00725. The topological polar surface area (TPSA) is 168 Å². The molecule has 0 heterocycles. The number of carbonyl (C=O) groups excluding carboxylic acids is 4.